The van der Waals surface area contributed by atoms with Crippen LogP contribution in [-0.2, 0) is 11.2 Å². The van der Waals surface area contributed by atoms with Crippen molar-refractivity contribution in [3.05, 3.63) is 54.1 Å². The maximum atomic E-state index is 11.0. The van der Waals surface area contributed by atoms with Crippen molar-refractivity contribution in [1.82, 2.24) is 9.88 Å². The van der Waals surface area contributed by atoms with E-state index in [-0.39, 0.29) is 5.91 Å². The first-order chi connectivity index (χ1) is 14.2. The standard InChI is InChI=1S/C23H27N3O2S/c24-22(27)6-3-14-26(16-18-7-8-18)15-13-17-9-11-19(12-10-17)28-23-25-20-4-1-2-5-21(20)29-23/h1-2,4-5,9-12,18H,3,6-8,13-16H2,(H2,24,27). The Morgan fingerprint density at radius 1 is 1.14 bits per heavy atom. The molecule has 0 aliphatic heterocycles. The van der Waals surface area contributed by atoms with E-state index >= 15 is 0 Å². The van der Waals surface area contributed by atoms with Crippen LogP contribution in [0.15, 0.2) is 48.5 Å². The molecular formula is C23H27N3O2S. The van der Waals surface area contributed by atoms with Gasteiger partial charge in [-0.2, -0.15) is 0 Å². The number of hydrogen-bond acceptors (Lipinski definition) is 5. The Balaban J connectivity index is 1.30. The largest absolute Gasteiger partial charge is 0.431 e. The Kier molecular flexibility index (Phi) is 6.42. The molecule has 0 unspecified atom stereocenters. The fourth-order valence-corrected chi connectivity index (χ4v) is 4.28. The molecule has 1 aliphatic rings. The minimum absolute atomic E-state index is 0.208. The summed E-state index contributed by atoms with van der Waals surface area (Å²) in [6.45, 7) is 3.09. The lowest BCUT2D eigenvalue weighted by atomic mass is 10.1. The lowest BCUT2D eigenvalue weighted by molar-refractivity contribution is -0.118. The van der Waals surface area contributed by atoms with Gasteiger partial charge in [0.2, 0.25) is 5.91 Å². The van der Waals surface area contributed by atoms with Gasteiger partial charge in [-0.1, -0.05) is 35.6 Å². The van der Waals surface area contributed by atoms with Crippen LogP contribution in [0.5, 0.6) is 10.9 Å². The second-order valence-electron chi connectivity index (χ2n) is 7.76. The van der Waals surface area contributed by atoms with E-state index in [0.717, 1.165) is 54.4 Å². The second-order valence-corrected chi connectivity index (χ2v) is 8.75. The third-order valence-electron chi connectivity index (χ3n) is 5.23. The number of rotatable bonds is 11. The lowest BCUT2D eigenvalue weighted by Gasteiger charge is -2.22. The van der Waals surface area contributed by atoms with Gasteiger partial charge in [0.25, 0.3) is 5.19 Å². The van der Waals surface area contributed by atoms with Crippen LogP contribution in [0.1, 0.15) is 31.2 Å². The van der Waals surface area contributed by atoms with Crippen molar-refractivity contribution in [3.8, 4) is 10.9 Å². The normalized spacial score (nSPS) is 13.8. The van der Waals surface area contributed by atoms with Crippen molar-refractivity contribution >= 4 is 27.5 Å². The molecule has 0 radical (unpaired) electrons. The van der Waals surface area contributed by atoms with Gasteiger partial charge in [-0.05, 0) is 68.0 Å². The van der Waals surface area contributed by atoms with E-state index in [9.17, 15) is 4.79 Å². The van der Waals surface area contributed by atoms with Crippen LogP contribution >= 0.6 is 11.3 Å². The van der Waals surface area contributed by atoms with Crippen LogP contribution in [0.25, 0.3) is 10.2 Å². The highest BCUT2D eigenvalue weighted by atomic mass is 32.1. The number of nitrogens with zero attached hydrogens (tertiary/aromatic N) is 2. The number of ether oxygens (including phenoxy) is 1. The summed E-state index contributed by atoms with van der Waals surface area (Å²) in [5.41, 5.74) is 7.53. The third-order valence-corrected chi connectivity index (χ3v) is 6.14. The Labute approximate surface area is 175 Å². The second kappa shape index (κ2) is 9.37. The number of aromatic nitrogens is 1. The number of carbonyl (C=O) groups is 1. The van der Waals surface area contributed by atoms with Gasteiger partial charge in [0, 0.05) is 19.5 Å². The molecule has 5 nitrogen and oxygen atoms in total. The van der Waals surface area contributed by atoms with Crippen molar-refractivity contribution in [1.29, 1.82) is 0 Å². The number of nitrogens with two attached hydrogens (primary N) is 1. The van der Waals surface area contributed by atoms with Gasteiger partial charge in [-0.3, -0.25) is 4.79 Å². The lowest BCUT2D eigenvalue weighted by Crippen LogP contribution is -2.30. The molecular weight excluding hydrogens is 382 g/mol. The maximum Gasteiger partial charge on any atom is 0.279 e. The molecule has 3 aromatic rings. The summed E-state index contributed by atoms with van der Waals surface area (Å²) in [6.07, 6.45) is 4.98. The van der Waals surface area contributed by atoms with Crippen LogP contribution < -0.4 is 10.5 Å². The monoisotopic (exact) mass is 409 g/mol. The van der Waals surface area contributed by atoms with Gasteiger partial charge >= 0.3 is 0 Å². The molecule has 0 atom stereocenters. The van der Waals surface area contributed by atoms with Gasteiger partial charge in [-0.15, -0.1) is 0 Å². The first-order valence-electron chi connectivity index (χ1n) is 10.3. The topological polar surface area (TPSA) is 68.5 Å². The van der Waals surface area contributed by atoms with Crippen molar-refractivity contribution in [2.75, 3.05) is 19.6 Å². The molecule has 1 aromatic heterocycles. The van der Waals surface area contributed by atoms with Crippen molar-refractivity contribution in [2.45, 2.75) is 32.1 Å². The number of para-hydroxylation sites is 1. The van der Waals surface area contributed by atoms with Crippen LogP contribution in [-0.4, -0.2) is 35.4 Å². The van der Waals surface area contributed by atoms with Gasteiger partial charge in [-0.25, -0.2) is 4.98 Å². The highest BCUT2D eigenvalue weighted by molar-refractivity contribution is 7.20. The summed E-state index contributed by atoms with van der Waals surface area (Å²) in [5.74, 6) is 1.44. The fraction of sp³-hybridized carbons (Fsp3) is 0.391. The molecule has 1 aliphatic carbocycles. The highest BCUT2D eigenvalue weighted by Crippen LogP contribution is 2.31. The number of primary amides is 1. The summed E-state index contributed by atoms with van der Waals surface area (Å²) < 4.78 is 7.06. The summed E-state index contributed by atoms with van der Waals surface area (Å²) in [4.78, 5) is 18.0. The van der Waals surface area contributed by atoms with E-state index in [1.165, 1.54) is 18.4 Å². The van der Waals surface area contributed by atoms with Crippen molar-refractivity contribution < 1.29 is 9.53 Å². The SMILES string of the molecule is NC(=O)CCCN(CCc1ccc(Oc2nc3ccccc3s2)cc1)CC1CC1. The molecule has 2 N–H and O–H groups in total. The Hall–Kier alpha value is -2.44. The van der Waals surface area contributed by atoms with Crippen LogP contribution in [0.2, 0.25) is 0 Å². The molecule has 4 rings (SSSR count). The zero-order valence-electron chi connectivity index (χ0n) is 16.5. The van der Waals surface area contributed by atoms with E-state index in [4.69, 9.17) is 10.5 Å². The highest BCUT2D eigenvalue weighted by Gasteiger charge is 2.24. The van der Waals surface area contributed by atoms with Crippen molar-refractivity contribution in [3.63, 3.8) is 0 Å². The number of benzene rings is 2. The quantitative estimate of drug-likeness (QED) is 0.502. The molecule has 2 aromatic carbocycles. The van der Waals surface area contributed by atoms with E-state index in [1.54, 1.807) is 11.3 Å². The van der Waals surface area contributed by atoms with Crippen LogP contribution in [0.4, 0.5) is 0 Å². The Morgan fingerprint density at radius 3 is 2.66 bits per heavy atom. The molecule has 1 heterocycles. The minimum atomic E-state index is -0.208. The molecule has 1 fully saturated rings. The smallest absolute Gasteiger partial charge is 0.279 e. The average molecular weight is 410 g/mol. The number of thiazole rings is 1. The Morgan fingerprint density at radius 2 is 1.93 bits per heavy atom. The summed E-state index contributed by atoms with van der Waals surface area (Å²) in [5, 5.41) is 0.670. The van der Waals surface area contributed by atoms with E-state index < -0.39 is 0 Å². The summed E-state index contributed by atoms with van der Waals surface area (Å²) >= 11 is 1.56. The number of amides is 1. The number of fused-ring (bicyclic) bond motifs is 1. The molecule has 1 saturated carbocycles. The average Bonchev–Trinajstić information content (AvgIpc) is 3.43. The molecule has 152 valence electrons. The van der Waals surface area contributed by atoms with E-state index in [1.807, 2.05) is 30.3 Å². The first-order valence-corrected chi connectivity index (χ1v) is 11.1. The molecule has 1 amide bonds. The van der Waals surface area contributed by atoms with Crippen molar-refractivity contribution in [2.24, 2.45) is 11.7 Å². The predicted octanol–water partition coefficient (Wildman–Crippen LogP) is 4.61. The van der Waals surface area contributed by atoms with E-state index in [0.29, 0.717) is 11.6 Å². The van der Waals surface area contributed by atoms with Crippen LogP contribution in [0, 0.1) is 5.92 Å². The van der Waals surface area contributed by atoms with Gasteiger partial charge in [0.1, 0.15) is 5.75 Å². The van der Waals surface area contributed by atoms with Crippen LogP contribution in [0.3, 0.4) is 0 Å². The predicted molar refractivity (Wildman–Crippen MR) is 117 cm³/mol. The zero-order valence-corrected chi connectivity index (χ0v) is 17.4. The molecule has 29 heavy (non-hydrogen) atoms. The Bertz CT molecular complexity index is 917. The van der Waals surface area contributed by atoms with Gasteiger partial charge < -0.3 is 15.4 Å². The molecule has 0 saturated heterocycles. The van der Waals surface area contributed by atoms with E-state index in [2.05, 4.69) is 28.1 Å². The fourth-order valence-electron chi connectivity index (χ4n) is 3.44. The number of carbonyl (C=O) groups excluding carboxylic acids is 1. The third kappa shape index (κ3) is 6.02. The summed E-state index contributed by atoms with van der Waals surface area (Å²) in [6, 6.07) is 16.3. The summed E-state index contributed by atoms with van der Waals surface area (Å²) in [7, 11) is 0. The maximum absolute atomic E-state index is 11.0. The first kappa shape index (κ1) is 19.9. The molecule has 0 spiro atoms. The minimum Gasteiger partial charge on any atom is -0.431 e. The van der Waals surface area contributed by atoms with Gasteiger partial charge in [0.05, 0.1) is 10.2 Å². The number of hydrogen-bond donors (Lipinski definition) is 1. The zero-order chi connectivity index (χ0) is 20.1. The van der Waals surface area contributed by atoms with Gasteiger partial charge in [0.15, 0.2) is 0 Å². The molecule has 0 bridgehead atoms. The molecule has 6 heteroatoms.